The van der Waals surface area contributed by atoms with E-state index in [-0.39, 0.29) is 18.0 Å². The first-order valence-electron chi connectivity index (χ1n) is 7.02. The van der Waals surface area contributed by atoms with Gasteiger partial charge >= 0.3 is 0 Å². The fourth-order valence-electron chi connectivity index (χ4n) is 1.91. The van der Waals surface area contributed by atoms with Crippen molar-refractivity contribution in [3.63, 3.8) is 0 Å². The Labute approximate surface area is 122 Å². The highest BCUT2D eigenvalue weighted by Gasteiger charge is 2.08. The molecule has 0 aliphatic carbocycles. The summed E-state index contributed by atoms with van der Waals surface area (Å²) in [5.41, 5.74) is 0.225. The highest BCUT2D eigenvalue weighted by Crippen LogP contribution is 2.02. The fraction of sp³-hybridized carbons (Fsp3) is 0.429. The van der Waals surface area contributed by atoms with Crippen molar-refractivity contribution >= 4 is 16.8 Å². The molecule has 0 spiro atoms. The summed E-state index contributed by atoms with van der Waals surface area (Å²) >= 11 is 0. The minimum atomic E-state index is -0.306. The van der Waals surface area contributed by atoms with Gasteiger partial charge in [-0.05, 0) is 25.1 Å². The molecule has 0 atom stereocenters. The average molecular weight is 289 g/mol. The van der Waals surface area contributed by atoms with E-state index in [2.05, 4.69) is 27.9 Å². The van der Waals surface area contributed by atoms with Crippen LogP contribution in [0.25, 0.3) is 10.9 Å². The molecule has 1 aromatic heterocycles. The summed E-state index contributed by atoms with van der Waals surface area (Å²) in [6, 6.07) is 6.94. The Morgan fingerprint density at radius 3 is 2.86 bits per heavy atom. The molecule has 0 unspecified atom stereocenters. The lowest BCUT2D eigenvalue weighted by Gasteiger charge is -2.07. The number of nitrogens with zero attached hydrogens (tertiary/aromatic N) is 3. The third-order valence-electron chi connectivity index (χ3n) is 2.97. The summed E-state index contributed by atoms with van der Waals surface area (Å²) < 4.78 is 1.08. The minimum Gasteiger partial charge on any atom is -0.353 e. The van der Waals surface area contributed by atoms with Crippen molar-refractivity contribution in [1.29, 1.82) is 0 Å². The Balaban J connectivity index is 1.95. The zero-order valence-electron chi connectivity index (χ0n) is 12.0. The van der Waals surface area contributed by atoms with Gasteiger partial charge in [0, 0.05) is 13.1 Å². The van der Waals surface area contributed by atoms with Gasteiger partial charge in [-0.25, -0.2) is 4.68 Å². The Morgan fingerprint density at radius 2 is 2.05 bits per heavy atom. The molecular formula is C14H19N5O2. The summed E-state index contributed by atoms with van der Waals surface area (Å²) in [6.45, 7) is 4.11. The molecule has 0 aliphatic heterocycles. The van der Waals surface area contributed by atoms with E-state index in [1.807, 2.05) is 0 Å². The van der Waals surface area contributed by atoms with Crippen LogP contribution < -0.4 is 16.2 Å². The van der Waals surface area contributed by atoms with E-state index in [1.54, 1.807) is 24.3 Å². The van der Waals surface area contributed by atoms with Gasteiger partial charge in [0.1, 0.15) is 12.1 Å². The number of amides is 1. The van der Waals surface area contributed by atoms with Crippen molar-refractivity contribution < 1.29 is 4.79 Å². The molecule has 2 rings (SSSR count). The van der Waals surface area contributed by atoms with Gasteiger partial charge < -0.3 is 10.6 Å². The van der Waals surface area contributed by atoms with Crippen LogP contribution in [0.4, 0.5) is 0 Å². The van der Waals surface area contributed by atoms with E-state index in [0.717, 1.165) is 17.6 Å². The van der Waals surface area contributed by atoms with Gasteiger partial charge in [-0.15, -0.1) is 5.10 Å². The SMILES string of the molecule is CCCNCCNC(=O)Cn1nnc2ccccc2c1=O. The van der Waals surface area contributed by atoms with E-state index in [0.29, 0.717) is 24.0 Å². The molecule has 1 aromatic carbocycles. The van der Waals surface area contributed by atoms with Crippen molar-refractivity contribution in [2.45, 2.75) is 19.9 Å². The molecule has 21 heavy (non-hydrogen) atoms. The molecule has 1 amide bonds. The van der Waals surface area contributed by atoms with Crippen LogP contribution in [0, 0.1) is 0 Å². The molecular weight excluding hydrogens is 270 g/mol. The lowest BCUT2D eigenvalue weighted by Crippen LogP contribution is -2.37. The molecule has 2 aromatic rings. The molecule has 0 aliphatic rings. The van der Waals surface area contributed by atoms with Gasteiger partial charge in [0.15, 0.2) is 0 Å². The number of benzene rings is 1. The van der Waals surface area contributed by atoms with E-state index in [1.165, 1.54) is 0 Å². The van der Waals surface area contributed by atoms with Crippen LogP contribution in [-0.4, -0.2) is 40.5 Å². The van der Waals surface area contributed by atoms with E-state index >= 15 is 0 Å². The van der Waals surface area contributed by atoms with Crippen molar-refractivity contribution in [1.82, 2.24) is 25.6 Å². The number of nitrogens with one attached hydrogen (secondary N) is 2. The van der Waals surface area contributed by atoms with Gasteiger partial charge in [0.25, 0.3) is 5.56 Å². The second-order valence-electron chi connectivity index (χ2n) is 4.67. The molecule has 0 saturated heterocycles. The first-order chi connectivity index (χ1) is 10.2. The van der Waals surface area contributed by atoms with Gasteiger partial charge in [-0.2, -0.15) is 0 Å². The number of carbonyl (C=O) groups excluding carboxylic acids is 1. The molecule has 7 heteroatoms. The molecule has 0 fully saturated rings. The molecule has 0 radical (unpaired) electrons. The quantitative estimate of drug-likeness (QED) is 0.695. The average Bonchev–Trinajstić information content (AvgIpc) is 2.50. The third-order valence-corrected chi connectivity index (χ3v) is 2.97. The van der Waals surface area contributed by atoms with Crippen LogP contribution in [0.3, 0.4) is 0 Å². The third kappa shape index (κ3) is 4.09. The lowest BCUT2D eigenvalue weighted by atomic mass is 10.2. The van der Waals surface area contributed by atoms with E-state index < -0.39 is 0 Å². The van der Waals surface area contributed by atoms with Crippen LogP contribution in [0.2, 0.25) is 0 Å². The van der Waals surface area contributed by atoms with Gasteiger partial charge in [0.05, 0.1) is 5.39 Å². The molecule has 112 valence electrons. The zero-order valence-corrected chi connectivity index (χ0v) is 12.0. The standard InChI is InChI=1S/C14H19N5O2/c1-2-7-15-8-9-16-13(20)10-19-14(21)11-5-3-4-6-12(11)17-18-19/h3-6,15H,2,7-10H2,1H3,(H,16,20). The predicted octanol–water partition coefficient (Wildman–Crippen LogP) is -0.0927. The summed E-state index contributed by atoms with van der Waals surface area (Å²) in [7, 11) is 0. The Morgan fingerprint density at radius 1 is 1.24 bits per heavy atom. The van der Waals surface area contributed by atoms with Crippen LogP contribution >= 0.6 is 0 Å². The number of fused-ring (bicyclic) bond motifs is 1. The fourth-order valence-corrected chi connectivity index (χ4v) is 1.91. The number of hydrogen-bond donors (Lipinski definition) is 2. The largest absolute Gasteiger partial charge is 0.353 e. The van der Waals surface area contributed by atoms with Crippen LogP contribution in [-0.2, 0) is 11.3 Å². The molecule has 2 N–H and O–H groups in total. The molecule has 0 saturated carbocycles. The predicted molar refractivity (Wildman–Crippen MR) is 80.0 cm³/mol. The maximum atomic E-state index is 12.1. The smallest absolute Gasteiger partial charge is 0.278 e. The summed E-state index contributed by atoms with van der Waals surface area (Å²) in [4.78, 5) is 23.9. The van der Waals surface area contributed by atoms with Crippen LogP contribution in [0.5, 0.6) is 0 Å². The normalized spacial score (nSPS) is 10.7. The van der Waals surface area contributed by atoms with Crippen LogP contribution in [0.15, 0.2) is 29.1 Å². The highest BCUT2D eigenvalue weighted by molar-refractivity contribution is 5.78. The van der Waals surface area contributed by atoms with Gasteiger partial charge in [0.2, 0.25) is 5.91 Å². The summed E-state index contributed by atoms with van der Waals surface area (Å²) in [6.07, 6.45) is 1.05. The minimum absolute atomic E-state index is 0.121. The Kier molecular flexibility index (Phi) is 5.39. The van der Waals surface area contributed by atoms with Crippen LogP contribution in [0.1, 0.15) is 13.3 Å². The van der Waals surface area contributed by atoms with Crippen molar-refractivity contribution in [3.05, 3.63) is 34.6 Å². The van der Waals surface area contributed by atoms with Crippen molar-refractivity contribution in [2.75, 3.05) is 19.6 Å². The summed E-state index contributed by atoms with van der Waals surface area (Å²) in [5, 5.41) is 14.1. The maximum Gasteiger partial charge on any atom is 0.278 e. The molecule has 1 heterocycles. The number of aromatic nitrogens is 3. The van der Waals surface area contributed by atoms with E-state index in [4.69, 9.17) is 0 Å². The first-order valence-corrected chi connectivity index (χ1v) is 7.02. The second kappa shape index (κ2) is 7.49. The second-order valence-corrected chi connectivity index (χ2v) is 4.67. The topological polar surface area (TPSA) is 88.9 Å². The molecule has 0 bridgehead atoms. The highest BCUT2D eigenvalue weighted by atomic mass is 16.2. The lowest BCUT2D eigenvalue weighted by molar-refractivity contribution is -0.121. The number of rotatable bonds is 7. The zero-order chi connectivity index (χ0) is 15.1. The maximum absolute atomic E-state index is 12.1. The Bertz CT molecular complexity index is 668. The molecule has 7 nitrogen and oxygen atoms in total. The van der Waals surface area contributed by atoms with Gasteiger partial charge in [-0.1, -0.05) is 24.3 Å². The summed E-state index contributed by atoms with van der Waals surface area (Å²) in [5.74, 6) is -0.250. The van der Waals surface area contributed by atoms with Gasteiger partial charge in [-0.3, -0.25) is 9.59 Å². The van der Waals surface area contributed by atoms with E-state index in [9.17, 15) is 9.59 Å². The van der Waals surface area contributed by atoms with Crippen molar-refractivity contribution in [2.24, 2.45) is 0 Å². The first kappa shape index (κ1) is 15.1. The Hall–Kier alpha value is -2.28. The number of carbonyl (C=O) groups is 1. The van der Waals surface area contributed by atoms with Crippen molar-refractivity contribution in [3.8, 4) is 0 Å². The monoisotopic (exact) mass is 289 g/mol. The number of hydrogen-bond acceptors (Lipinski definition) is 5.